The molecule has 118 valence electrons. The first-order chi connectivity index (χ1) is 9.74. The van der Waals surface area contributed by atoms with Crippen molar-refractivity contribution in [2.75, 3.05) is 19.6 Å². The van der Waals surface area contributed by atoms with Crippen molar-refractivity contribution in [2.24, 2.45) is 5.92 Å². The highest BCUT2D eigenvalue weighted by molar-refractivity contribution is 5.85. The zero-order valence-electron chi connectivity index (χ0n) is 12.5. The Morgan fingerprint density at radius 1 is 1.52 bits per heavy atom. The Labute approximate surface area is 131 Å². The SMILES string of the molecule is Cc1cc(C2CCCN2C(=O)CCC2CCNC2)on1.Cl. The Bertz CT molecular complexity index is 471. The summed E-state index contributed by atoms with van der Waals surface area (Å²) >= 11 is 0. The van der Waals surface area contributed by atoms with Crippen molar-refractivity contribution in [3.63, 3.8) is 0 Å². The minimum atomic E-state index is 0. The van der Waals surface area contributed by atoms with Gasteiger partial charge in [-0.25, -0.2) is 0 Å². The van der Waals surface area contributed by atoms with E-state index in [0.717, 1.165) is 50.4 Å². The van der Waals surface area contributed by atoms with Crippen molar-refractivity contribution < 1.29 is 9.32 Å². The van der Waals surface area contributed by atoms with E-state index >= 15 is 0 Å². The summed E-state index contributed by atoms with van der Waals surface area (Å²) in [5.74, 6) is 1.79. The summed E-state index contributed by atoms with van der Waals surface area (Å²) in [4.78, 5) is 14.4. The minimum Gasteiger partial charge on any atom is -0.359 e. The van der Waals surface area contributed by atoms with Gasteiger partial charge < -0.3 is 14.7 Å². The van der Waals surface area contributed by atoms with Crippen LogP contribution < -0.4 is 5.32 Å². The molecule has 1 amide bonds. The topological polar surface area (TPSA) is 58.4 Å². The number of amides is 1. The maximum absolute atomic E-state index is 12.4. The second-order valence-corrected chi connectivity index (χ2v) is 6.01. The average Bonchev–Trinajstić information content (AvgIpc) is 3.16. The molecule has 6 heteroatoms. The number of likely N-dealkylation sites (tertiary alicyclic amines) is 1. The fraction of sp³-hybridized carbons (Fsp3) is 0.733. The number of aryl methyl sites for hydroxylation is 1. The summed E-state index contributed by atoms with van der Waals surface area (Å²) in [5.41, 5.74) is 0.885. The lowest BCUT2D eigenvalue weighted by molar-refractivity contribution is -0.132. The van der Waals surface area contributed by atoms with E-state index in [9.17, 15) is 4.79 Å². The highest BCUT2D eigenvalue weighted by Crippen LogP contribution is 2.33. The Morgan fingerprint density at radius 2 is 2.38 bits per heavy atom. The maximum atomic E-state index is 12.4. The monoisotopic (exact) mass is 313 g/mol. The Balaban J connectivity index is 0.00000161. The fourth-order valence-electron chi connectivity index (χ4n) is 3.33. The van der Waals surface area contributed by atoms with E-state index in [1.54, 1.807) is 0 Å². The van der Waals surface area contributed by atoms with Crippen molar-refractivity contribution >= 4 is 18.3 Å². The van der Waals surface area contributed by atoms with Gasteiger partial charge in [0.1, 0.15) is 0 Å². The third-order valence-corrected chi connectivity index (χ3v) is 4.48. The number of rotatable bonds is 4. The summed E-state index contributed by atoms with van der Waals surface area (Å²) in [6, 6.07) is 2.06. The zero-order chi connectivity index (χ0) is 13.9. The summed E-state index contributed by atoms with van der Waals surface area (Å²) in [5, 5.41) is 7.30. The van der Waals surface area contributed by atoms with E-state index in [4.69, 9.17) is 4.52 Å². The van der Waals surface area contributed by atoms with E-state index < -0.39 is 0 Å². The number of nitrogens with zero attached hydrogens (tertiary/aromatic N) is 2. The second kappa shape index (κ2) is 7.27. The van der Waals surface area contributed by atoms with Gasteiger partial charge in [0.05, 0.1) is 11.7 Å². The average molecular weight is 314 g/mol. The predicted octanol–water partition coefficient (Wildman–Crippen LogP) is 2.46. The molecule has 0 saturated carbocycles. The smallest absolute Gasteiger partial charge is 0.223 e. The minimum absolute atomic E-state index is 0. The Hall–Kier alpha value is -1.07. The summed E-state index contributed by atoms with van der Waals surface area (Å²) in [6.07, 6.45) is 4.92. The first-order valence-corrected chi connectivity index (χ1v) is 7.67. The van der Waals surface area contributed by atoms with Crippen LogP contribution in [0.2, 0.25) is 0 Å². The van der Waals surface area contributed by atoms with Crippen LogP contribution >= 0.6 is 12.4 Å². The van der Waals surface area contributed by atoms with Crippen LogP contribution in [0.25, 0.3) is 0 Å². The molecule has 2 unspecified atom stereocenters. The van der Waals surface area contributed by atoms with Crippen molar-refractivity contribution in [1.29, 1.82) is 0 Å². The third kappa shape index (κ3) is 3.77. The lowest BCUT2D eigenvalue weighted by Gasteiger charge is -2.23. The number of nitrogens with one attached hydrogen (secondary N) is 1. The van der Waals surface area contributed by atoms with Gasteiger partial charge in [0, 0.05) is 19.0 Å². The molecule has 3 rings (SSSR count). The van der Waals surface area contributed by atoms with Crippen LogP contribution in [0, 0.1) is 12.8 Å². The maximum Gasteiger partial charge on any atom is 0.223 e. The Morgan fingerprint density at radius 3 is 3.05 bits per heavy atom. The van der Waals surface area contributed by atoms with Gasteiger partial charge >= 0.3 is 0 Å². The molecule has 2 saturated heterocycles. The van der Waals surface area contributed by atoms with E-state index in [2.05, 4.69) is 10.5 Å². The van der Waals surface area contributed by atoms with Crippen LogP contribution in [0.3, 0.4) is 0 Å². The molecule has 0 aliphatic carbocycles. The predicted molar refractivity (Wildman–Crippen MR) is 82.4 cm³/mol. The van der Waals surface area contributed by atoms with Gasteiger partial charge in [-0.2, -0.15) is 0 Å². The second-order valence-electron chi connectivity index (χ2n) is 6.01. The molecule has 0 aromatic carbocycles. The van der Waals surface area contributed by atoms with Crippen LogP contribution in [0.4, 0.5) is 0 Å². The van der Waals surface area contributed by atoms with Gasteiger partial charge in [-0.1, -0.05) is 5.16 Å². The number of hydrogen-bond donors (Lipinski definition) is 1. The molecule has 0 radical (unpaired) electrons. The van der Waals surface area contributed by atoms with E-state index in [-0.39, 0.29) is 24.4 Å². The van der Waals surface area contributed by atoms with Gasteiger partial charge in [-0.3, -0.25) is 4.79 Å². The van der Waals surface area contributed by atoms with Crippen molar-refractivity contribution in [2.45, 2.75) is 45.1 Å². The molecule has 1 aromatic rings. The van der Waals surface area contributed by atoms with Crippen LogP contribution in [-0.4, -0.2) is 35.6 Å². The van der Waals surface area contributed by atoms with E-state index in [0.29, 0.717) is 12.3 Å². The lowest BCUT2D eigenvalue weighted by atomic mass is 10.0. The van der Waals surface area contributed by atoms with Crippen molar-refractivity contribution in [3.05, 3.63) is 17.5 Å². The summed E-state index contributed by atoms with van der Waals surface area (Å²) in [6.45, 7) is 4.94. The van der Waals surface area contributed by atoms with Gasteiger partial charge in [0.15, 0.2) is 5.76 Å². The molecule has 1 N–H and O–H groups in total. The molecule has 2 atom stereocenters. The molecule has 2 aliphatic heterocycles. The molecule has 0 spiro atoms. The molecular formula is C15H24ClN3O2. The standard InChI is InChI=1S/C15H23N3O2.ClH/c1-11-9-14(20-17-11)13-3-2-8-18(13)15(19)5-4-12-6-7-16-10-12;/h9,12-13,16H,2-8,10H2,1H3;1H. The van der Waals surface area contributed by atoms with E-state index in [1.807, 2.05) is 17.9 Å². The molecule has 3 heterocycles. The van der Waals surface area contributed by atoms with Gasteiger partial charge in [-0.05, 0) is 51.6 Å². The molecular weight excluding hydrogens is 290 g/mol. The highest BCUT2D eigenvalue weighted by Gasteiger charge is 2.32. The molecule has 5 nitrogen and oxygen atoms in total. The van der Waals surface area contributed by atoms with Crippen LogP contribution in [0.15, 0.2) is 10.6 Å². The molecule has 1 aromatic heterocycles. The lowest BCUT2D eigenvalue weighted by Crippen LogP contribution is -2.30. The van der Waals surface area contributed by atoms with Gasteiger partial charge in [0.2, 0.25) is 5.91 Å². The third-order valence-electron chi connectivity index (χ3n) is 4.48. The number of aromatic nitrogens is 1. The van der Waals surface area contributed by atoms with Crippen molar-refractivity contribution in [1.82, 2.24) is 15.4 Å². The number of halogens is 1. The van der Waals surface area contributed by atoms with Gasteiger partial charge in [-0.15, -0.1) is 12.4 Å². The van der Waals surface area contributed by atoms with E-state index in [1.165, 1.54) is 6.42 Å². The largest absolute Gasteiger partial charge is 0.359 e. The first kappa shape index (κ1) is 16.3. The van der Waals surface area contributed by atoms with Crippen molar-refractivity contribution in [3.8, 4) is 0 Å². The highest BCUT2D eigenvalue weighted by atomic mass is 35.5. The summed E-state index contributed by atoms with van der Waals surface area (Å²) < 4.78 is 5.35. The molecule has 21 heavy (non-hydrogen) atoms. The number of hydrogen-bond acceptors (Lipinski definition) is 4. The fourth-order valence-corrected chi connectivity index (χ4v) is 3.33. The number of carbonyl (C=O) groups is 1. The first-order valence-electron chi connectivity index (χ1n) is 7.67. The van der Waals surface area contributed by atoms with Crippen LogP contribution in [-0.2, 0) is 4.79 Å². The summed E-state index contributed by atoms with van der Waals surface area (Å²) in [7, 11) is 0. The normalized spacial score (nSPS) is 25.1. The number of carbonyl (C=O) groups excluding carboxylic acids is 1. The van der Waals surface area contributed by atoms with Gasteiger partial charge in [0.25, 0.3) is 0 Å². The molecule has 0 bridgehead atoms. The Kier molecular flexibility index (Phi) is 5.65. The molecule has 2 fully saturated rings. The zero-order valence-corrected chi connectivity index (χ0v) is 13.3. The van der Waals surface area contributed by atoms with Crippen LogP contribution in [0.5, 0.6) is 0 Å². The van der Waals surface area contributed by atoms with Crippen LogP contribution in [0.1, 0.15) is 49.6 Å². The molecule has 2 aliphatic rings. The quantitative estimate of drug-likeness (QED) is 0.927.